The van der Waals surface area contributed by atoms with E-state index in [1.807, 2.05) is 24.3 Å². The van der Waals surface area contributed by atoms with Gasteiger partial charge in [0.25, 0.3) is 6.01 Å². The van der Waals surface area contributed by atoms with Crippen LogP contribution in [-0.2, 0) is 0 Å². The lowest BCUT2D eigenvalue weighted by atomic mass is 10.1. The van der Waals surface area contributed by atoms with Crippen LogP contribution in [0.4, 0.5) is 6.01 Å². The quantitative estimate of drug-likeness (QED) is 0.907. The van der Waals surface area contributed by atoms with Gasteiger partial charge < -0.3 is 14.6 Å². The Hall–Kier alpha value is -1.26. The van der Waals surface area contributed by atoms with Crippen molar-refractivity contribution < 1.29 is 4.42 Å². The van der Waals surface area contributed by atoms with Gasteiger partial charge in [-0.1, -0.05) is 12.1 Å². The molecular weight excluding hydrogens is 250 g/mol. The number of para-hydroxylation sites is 2. The summed E-state index contributed by atoms with van der Waals surface area (Å²) in [5.41, 5.74) is 1.79. The van der Waals surface area contributed by atoms with E-state index in [9.17, 15) is 0 Å². The fraction of sp³-hybridized carbons (Fsp3) is 0.462. The van der Waals surface area contributed by atoms with E-state index in [4.69, 9.17) is 4.42 Å². The molecule has 0 unspecified atom stereocenters. The molecule has 1 N–H and O–H groups in total. The molecule has 0 aliphatic carbocycles. The van der Waals surface area contributed by atoms with Crippen molar-refractivity contribution in [1.82, 2.24) is 10.3 Å². The van der Waals surface area contributed by atoms with Crippen LogP contribution in [0.3, 0.4) is 0 Å². The molecule has 3 rings (SSSR count). The number of rotatable bonds is 2. The van der Waals surface area contributed by atoms with Crippen LogP contribution in [0.2, 0.25) is 0 Å². The SMILES string of the molecule is CN(c1nc2ccccc2o1)[C@@H]1CCCNC1.Cl. The minimum Gasteiger partial charge on any atom is -0.423 e. The van der Waals surface area contributed by atoms with Gasteiger partial charge in [-0.2, -0.15) is 4.98 Å². The van der Waals surface area contributed by atoms with Crippen molar-refractivity contribution in [2.45, 2.75) is 18.9 Å². The second-order valence-corrected chi connectivity index (χ2v) is 4.58. The predicted molar refractivity (Wildman–Crippen MR) is 75.6 cm³/mol. The van der Waals surface area contributed by atoms with Crippen molar-refractivity contribution in [2.75, 3.05) is 25.0 Å². The Balaban J connectivity index is 0.00000120. The largest absolute Gasteiger partial charge is 0.423 e. The van der Waals surface area contributed by atoms with Crippen molar-refractivity contribution in [3.63, 3.8) is 0 Å². The number of nitrogens with zero attached hydrogens (tertiary/aromatic N) is 2. The van der Waals surface area contributed by atoms with E-state index in [1.165, 1.54) is 12.8 Å². The van der Waals surface area contributed by atoms with Crippen molar-refractivity contribution in [1.29, 1.82) is 0 Å². The van der Waals surface area contributed by atoms with Gasteiger partial charge in [0.2, 0.25) is 0 Å². The molecule has 0 bridgehead atoms. The highest BCUT2D eigenvalue weighted by molar-refractivity contribution is 5.85. The Morgan fingerprint density at radius 2 is 2.22 bits per heavy atom. The normalized spacial score (nSPS) is 19.5. The first-order valence-corrected chi connectivity index (χ1v) is 6.14. The number of benzene rings is 1. The first-order chi connectivity index (χ1) is 8.34. The van der Waals surface area contributed by atoms with Crippen molar-refractivity contribution in [3.05, 3.63) is 24.3 Å². The first kappa shape index (κ1) is 13.2. The zero-order chi connectivity index (χ0) is 11.7. The number of likely N-dealkylation sites (N-methyl/N-ethyl adjacent to an activating group) is 1. The number of fused-ring (bicyclic) bond motifs is 1. The summed E-state index contributed by atoms with van der Waals surface area (Å²) in [6.07, 6.45) is 2.41. The molecule has 0 saturated carbocycles. The third-order valence-electron chi connectivity index (χ3n) is 3.40. The van der Waals surface area contributed by atoms with E-state index in [0.717, 1.165) is 30.2 Å². The highest BCUT2D eigenvalue weighted by Gasteiger charge is 2.21. The van der Waals surface area contributed by atoms with E-state index in [2.05, 4.69) is 22.2 Å². The van der Waals surface area contributed by atoms with Gasteiger partial charge in [0.1, 0.15) is 5.52 Å². The van der Waals surface area contributed by atoms with Gasteiger partial charge in [0.15, 0.2) is 5.58 Å². The lowest BCUT2D eigenvalue weighted by Crippen LogP contribution is -2.44. The van der Waals surface area contributed by atoms with Gasteiger partial charge in [-0.25, -0.2) is 0 Å². The molecule has 2 heterocycles. The van der Waals surface area contributed by atoms with Crippen molar-refractivity contribution in [2.24, 2.45) is 0 Å². The first-order valence-electron chi connectivity index (χ1n) is 6.14. The minimum absolute atomic E-state index is 0. The van der Waals surface area contributed by atoms with Gasteiger partial charge in [0, 0.05) is 19.6 Å². The summed E-state index contributed by atoms with van der Waals surface area (Å²) < 4.78 is 5.77. The third kappa shape index (κ3) is 2.44. The topological polar surface area (TPSA) is 41.3 Å². The lowest BCUT2D eigenvalue weighted by Gasteiger charge is -2.30. The number of anilines is 1. The standard InChI is InChI=1S/C13H17N3O.ClH/c1-16(10-5-4-8-14-9-10)13-15-11-6-2-3-7-12(11)17-13;/h2-3,6-7,10,14H,4-5,8-9H2,1H3;1H/t10-;/m1./s1. The Labute approximate surface area is 113 Å². The third-order valence-corrected chi connectivity index (χ3v) is 3.40. The number of hydrogen-bond donors (Lipinski definition) is 1. The van der Waals surface area contributed by atoms with E-state index in [1.54, 1.807) is 0 Å². The van der Waals surface area contributed by atoms with E-state index >= 15 is 0 Å². The maximum atomic E-state index is 5.77. The zero-order valence-electron chi connectivity index (χ0n) is 10.4. The molecule has 1 atom stereocenters. The Morgan fingerprint density at radius 1 is 1.39 bits per heavy atom. The van der Waals surface area contributed by atoms with Crippen LogP contribution < -0.4 is 10.2 Å². The average molecular weight is 268 g/mol. The number of piperidine rings is 1. The Morgan fingerprint density at radius 3 is 2.94 bits per heavy atom. The molecule has 1 aromatic heterocycles. The summed E-state index contributed by atoms with van der Waals surface area (Å²) in [6, 6.07) is 9.10. The van der Waals surface area contributed by atoms with Crippen LogP contribution in [0.15, 0.2) is 28.7 Å². The molecule has 5 heteroatoms. The summed E-state index contributed by atoms with van der Waals surface area (Å²) in [7, 11) is 2.06. The second kappa shape index (κ2) is 5.59. The monoisotopic (exact) mass is 267 g/mol. The molecule has 98 valence electrons. The fourth-order valence-electron chi connectivity index (χ4n) is 2.33. The second-order valence-electron chi connectivity index (χ2n) is 4.58. The number of halogens is 1. The van der Waals surface area contributed by atoms with Gasteiger partial charge in [-0.3, -0.25) is 0 Å². The predicted octanol–water partition coefficient (Wildman–Crippen LogP) is 2.44. The van der Waals surface area contributed by atoms with Gasteiger partial charge in [0.05, 0.1) is 0 Å². The van der Waals surface area contributed by atoms with Crippen molar-refractivity contribution in [3.8, 4) is 0 Å². The van der Waals surface area contributed by atoms with Gasteiger partial charge in [-0.15, -0.1) is 12.4 Å². The van der Waals surface area contributed by atoms with Crippen LogP contribution in [0.25, 0.3) is 11.1 Å². The molecule has 1 aromatic carbocycles. The molecule has 0 amide bonds. The van der Waals surface area contributed by atoms with E-state index in [0.29, 0.717) is 6.04 Å². The smallest absolute Gasteiger partial charge is 0.298 e. The van der Waals surface area contributed by atoms with Crippen LogP contribution in [0, 0.1) is 0 Å². The fourth-order valence-corrected chi connectivity index (χ4v) is 2.33. The Kier molecular flexibility index (Phi) is 4.09. The molecular formula is C13H18ClN3O. The number of aromatic nitrogens is 1. The highest BCUT2D eigenvalue weighted by atomic mass is 35.5. The summed E-state index contributed by atoms with van der Waals surface area (Å²) in [5, 5.41) is 3.41. The van der Waals surface area contributed by atoms with Crippen LogP contribution in [0.1, 0.15) is 12.8 Å². The maximum absolute atomic E-state index is 5.77. The maximum Gasteiger partial charge on any atom is 0.298 e. The Bertz CT molecular complexity index is 475. The zero-order valence-corrected chi connectivity index (χ0v) is 11.2. The number of oxazole rings is 1. The summed E-state index contributed by atoms with van der Waals surface area (Å²) in [4.78, 5) is 6.66. The lowest BCUT2D eigenvalue weighted by molar-refractivity contribution is 0.425. The molecule has 0 radical (unpaired) electrons. The highest BCUT2D eigenvalue weighted by Crippen LogP contribution is 2.23. The van der Waals surface area contributed by atoms with Crippen LogP contribution in [0.5, 0.6) is 0 Å². The van der Waals surface area contributed by atoms with Gasteiger partial charge in [-0.05, 0) is 31.5 Å². The number of hydrogen-bond acceptors (Lipinski definition) is 4. The summed E-state index contributed by atoms with van der Waals surface area (Å²) >= 11 is 0. The molecule has 0 spiro atoms. The molecule has 1 saturated heterocycles. The molecule has 18 heavy (non-hydrogen) atoms. The number of nitrogens with one attached hydrogen (secondary N) is 1. The van der Waals surface area contributed by atoms with E-state index < -0.39 is 0 Å². The summed E-state index contributed by atoms with van der Waals surface area (Å²) in [5.74, 6) is 0. The van der Waals surface area contributed by atoms with Gasteiger partial charge >= 0.3 is 0 Å². The van der Waals surface area contributed by atoms with E-state index in [-0.39, 0.29) is 12.4 Å². The summed E-state index contributed by atoms with van der Waals surface area (Å²) in [6.45, 7) is 2.13. The van der Waals surface area contributed by atoms with Crippen LogP contribution >= 0.6 is 12.4 Å². The van der Waals surface area contributed by atoms with Crippen molar-refractivity contribution >= 4 is 29.5 Å². The van der Waals surface area contributed by atoms with Crippen LogP contribution in [-0.4, -0.2) is 31.2 Å². The molecule has 1 aliphatic heterocycles. The average Bonchev–Trinajstić information content (AvgIpc) is 2.82. The molecule has 1 fully saturated rings. The minimum atomic E-state index is 0. The molecule has 1 aliphatic rings. The molecule has 4 nitrogen and oxygen atoms in total. The molecule has 2 aromatic rings.